The molecule has 4 fully saturated rings. The van der Waals surface area contributed by atoms with E-state index >= 15 is 0 Å². The van der Waals surface area contributed by atoms with E-state index < -0.39 is 17.4 Å². The van der Waals surface area contributed by atoms with Crippen molar-refractivity contribution < 1.29 is 24.9 Å². The van der Waals surface area contributed by atoms with Gasteiger partial charge in [0.25, 0.3) is 5.91 Å². The Kier molecular flexibility index (Phi) is 6.85. The Bertz CT molecular complexity index is 1740. The lowest BCUT2D eigenvalue weighted by molar-refractivity contribution is -0.358. The number of anilines is 2. The number of aromatic nitrogens is 4. The molecule has 2 atom stereocenters. The van der Waals surface area contributed by atoms with Crippen LogP contribution >= 0.6 is 11.9 Å². The Hall–Kier alpha value is -3.26. The maximum absolute atomic E-state index is 13.7. The van der Waals surface area contributed by atoms with Crippen molar-refractivity contribution in [2.75, 3.05) is 23.3 Å². The number of hydrogen-bond donors (Lipinski definition) is 5. The number of carbonyl (C=O) groups is 1. The fraction of sp³-hybridized carbons (Fsp3) is 0.562. The van der Waals surface area contributed by atoms with Crippen molar-refractivity contribution in [3.05, 3.63) is 42.1 Å². The largest absolute Gasteiger partial charge is 0.418 e. The van der Waals surface area contributed by atoms with Crippen LogP contribution < -0.4 is 25.1 Å². The van der Waals surface area contributed by atoms with Crippen LogP contribution in [0.1, 0.15) is 69.2 Å². The van der Waals surface area contributed by atoms with E-state index in [4.69, 9.17) is 25.4 Å². The van der Waals surface area contributed by atoms with Crippen LogP contribution in [0, 0.1) is 22.7 Å². The molecule has 0 aromatic carbocycles. The zero-order valence-corrected chi connectivity index (χ0v) is 27.3. The van der Waals surface area contributed by atoms with E-state index in [1.165, 1.54) is 10.7 Å². The Balaban J connectivity index is 1.08. The van der Waals surface area contributed by atoms with Gasteiger partial charge in [0.15, 0.2) is 5.82 Å². The van der Waals surface area contributed by atoms with Gasteiger partial charge in [0.2, 0.25) is 5.88 Å². The second-order valence-electron chi connectivity index (χ2n) is 14.6. The zero-order chi connectivity index (χ0) is 33.0. The summed E-state index contributed by atoms with van der Waals surface area (Å²) >= 11 is 1.10. The van der Waals surface area contributed by atoms with E-state index in [1.54, 1.807) is 30.5 Å². The van der Waals surface area contributed by atoms with Crippen molar-refractivity contribution in [2.24, 2.45) is 22.7 Å². The molecule has 1 saturated heterocycles. The molecule has 3 aromatic heterocycles. The van der Waals surface area contributed by atoms with Crippen LogP contribution in [0.3, 0.4) is 0 Å². The number of pyridine rings is 2. The Morgan fingerprint density at radius 3 is 2.53 bits per heavy atom. The highest BCUT2D eigenvalue weighted by molar-refractivity contribution is 7.97. The van der Waals surface area contributed by atoms with Crippen molar-refractivity contribution >= 4 is 50.6 Å². The van der Waals surface area contributed by atoms with Crippen LogP contribution in [0.5, 0.6) is 5.88 Å². The molecule has 5 N–H and O–H groups in total. The third-order valence-electron chi connectivity index (χ3n) is 11.1. The number of fused-ring (bicyclic) bond motifs is 7. The van der Waals surface area contributed by atoms with Gasteiger partial charge in [-0.3, -0.25) is 9.52 Å². The van der Waals surface area contributed by atoms with Gasteiger partial charge in [0.05, 0.1) is 5.56 Å². The first-order valence-electron chi connectivity index (χ1n) is 16.2. The van der Waals surface area contributed by atoms with Gasteiger partial charge in [-0.1, -0.05) is 11.5 Å². The van der Waals surface area contributed by atoms with E-state index in [-0.39, 0.29) is 28.2 Å². The van der Waals surface area contributed by atoms with Crippen LogP contribution in [0.2, 0.25) is 0 Å². The predicted molar refractivity (Wildman–Crippen MR) is 177 cm³/mol. The lowest BCUT2D eigenvalue weighted by Gasteiger charge is -2.37. The Morgan fingerprint density at radius 2 is 1.81 bits per heavy atom. The summed E-state index contributed by atoms with van der Waals surface area (Å²) in [5.74, 6) is -2.09. The van der Waals surface area contributed by atoms with E-state index in [9.17, 15) is 20.1 Å². The maximum Gasteiger partial charge on any atom is 0.344 e. The normalized spacial score (nSPS) is 25.2. The fourth-order valence-electron chi connectivity index (χ4n) is 8.63. The minimum absolute atomic E-state index is 0.104. The number of hydrogen-bond acceptors (Lipinski definition) is 11. The first-order chi connectivity index (χ1) is 22.3. The van der Waals surface area contributed by atoms with Crippen LogP contribution in [-0.2, 0) is 0 Å². The summed E-state index contributed by atoms with van der Waals surface area (Å²) < 4.78 is 9.79. The number of aliphatic hydroxyl groups is 3. The molecule has 4 bridgehead atoms. The van der Waals surface area contributed by atoms with Gasteiger partial charge < -0.3 is 30.3 Å². The van der Waals surface area contributed by atoms with Gasteiger partial charge in [0.1, 0.15) is 37.9 Å². The molecule has 47 heavy (non-hydrogen) atoms. The molecule has 12 nitrogen and oxygen atoms in total. The number of amides is 1. The minimum Gasteiger partial charge on any atom is -0.418 e. The van der Waals surface area contributed by atoms with Gasteiger partial charge in [-0.2, -0.15) is 0 Å². The molecule has 3 aromatic rings. The minimum atomic E-state index is -3.05. The van der Waals surface area contributed by atoms with Crippen molar-refractivity contribution in [2.45, 2.75) is 80.8 Å². The van der Waals surface area contributed by atoms with E-state index in [1.807, 2.05) is 0 Å². The number of nitrogens with one attached hydrogen (secondary N) is 2. The van der Waals surface area contributed by atoms with Crippen molar-refractivity contribution in [1.29, 1.82) is 0 Å². The van der Waals surface area contributed by atoms with Crippen LogP contribution in [0.15, 0.2) is 41.6 Å². The topological polar surface area (TPSA) is 158 Å². The van der Waals surface area contributed by atoms with Crippen LogP contribution in [-0.4, -0.2) is 86.8 Å². The third kappa shape index (κ3) is 4.95. The van der Waals surface area contributed by atoms with Gasteiger partial charge in [-0.15, -0.1) is 5.10 Å². The van der Waals surface area contributed by atoms with Gasteiger partial charge >= 0.3 is 5.97 Å². The highest BCUT2D eigenvalue weighted by Crippen LogP contribution is 2.94. The molecule has 15 heteroatoms. The summed E-state index contributed by atoms with van der Waals surface area (Å²) in [7, 11) is 12.3. The number of nitrogens with zero attached hydrogens (tertiary/aromatic N) is 5. The molecular formula is C32H37B2N7O5S. The van der Waals surface area contributed by atoms with E-state index in [2.05, 4.69) is 38.9 Å². The monoisotopic (exact) mass is 653 g/mol. The van der Waals surface area contributed by atoms with Crippen molar-refractivity contribution in [3.63, 3.8) is 0 Å². The molecule has 5 heterocycles. The molecule has 2 spiro atoms. The molecule has 2 unspecified atom stereocenters. The average Bonchev–Trinajstić information content (AvgIpc) is 3.97. The molecule has 3 aliphatic carbocycles. The van der Waals surface area contributed by atoms with Gasteiger partial charge in [-0.05, 0) is 93.7 Å². The van der Waals surface area contributed by atoms with Gasteiger partial charge in [-0.25, -0.2) is 14.6 Å². The molecule has 8 rings (SSSR count). The van der Waals surface area contributed by atoms with E-state index in [0.29, 0.717) is 39.4 Å². The predicted octanol–water partition coefficient (Wildman–Crippen LogP) is 1.77. The Labute approximate surface area is 280 Å². The SMILES string of the molecule is [B]c1ccc2nc1NCCCC1CN(c3nc(-n4ccc(OC(O)(O)C([B])(O)C5C6(CC6)C56CC6)n4)ccc3C(=O)NS2)C(C)(C)C1. The summed E-state index contributed by atoms with van der Waals surface area (Å²) in [6.45, 7) is 5.75. The summed E-state index contributed by atoms with van der Waals surface area (Å²) in [5, 5.41) is 41.3. The lowest BCUT2D eigenvalue weighted by Crippen LogP contribution is -2.61. The molecule has 1 amide bonds. The molecule has 3 saturated carbocycles. The zero-order valence-electron chi connectivity index (χ0n) is 26.4. The Morgan fingerprint density at radius 1 is 1.06 bits per heavy atom. The molecule has 242 valence electrons. The quantitative estimate of drug-likeness (QED) is 0.155. The number of carbonyl (C=O) groups excluding carboxylic acids is 1. The fourth-order valence-corrected chi connectivity index (χ4v) is 9.21. The standard InChI is InChI=1S/C32H37B2N7O5S/c1-28(2)16-18-4-3-14-35-24-20(33)6-8-23(37-24)47-39-26(42)19-5-7-21(36-25(19)40(28)17-18)41-15-9-22(38-41)46-32(44,45)31(34,43)27-29(10-11-29)30(27)12-13-30/h5-9,15,18,27,43-45H,3-4,10-14,16-17H2,1-2H3,(H,35,37)(H,39,42). The molecular weight excluding hydrogens is 616 g/mol. The molecule has 2 aliphatic heterocycles. The summed E-state index contributed by atoms with van der Waals surface area (Å²) in [4.78, 5) is 25.4. The second kappa shape index (κ2) is 10.4. The van der Waals surface area contributed by atoms with Crippen molar-refractivity contribution in [1.82, 2.24) is 24.5 Å². The lowest BCUT2D eigenvalue weighted by atomic mass is 9.73. The van der Waals surface area contributed by atoms with Gasteiger partial charge in [0, 0.05) is 48.8 Å². The number of rotatable bonds is 5. The highest BCUT2D eigenvalue weighted by atomic mass is 32.2. The molecule has 5 aliphatic rings. The van der Waals surface area contributed by atoms with Crippen molar-refractivity contribution in [3.8, 4) is 11.7 Å². The first kappa shape index (κ1) is 31.0. The van der Waals surface area contributed by atoms with E-state index in [0.717, 1.165) is 70.0 Å². The summed E-state index contributed by atoms with van der Waals surface area (Å²) in [5.41, 5.74) is -1.90. The molecule has 4 radical (unpaired) electrons. The summed E-state index contributed by atoms with van der Waals surface area (Å²) in [6.07, 6.45) is 8.09. The maximum atomic E-state index is 13.7. The average molecular weight is 653 g/mol. The highest BCUT2D eigenvalue weighted by Gasteiger charge is 2.91. The smallest absolute Gasteiger partial charge is 0.344 e. The first-order valence-corrected chi connectivity index (χ1v) is 17.1. The number of ether oxygens (including phenoxy) is 1. The third-order valence-corrected chi connectivity index (χ3v) is 11.9. The second-order valence-corrected chi connectivity index (χ2v) is 15.4. The summed E-state index contributed by atoms with van der Waals surface area (Å²) in [6, 6.07) is 8.35. The van der Waals surface area contributed by atoms with Crippen LogP contribution in [0.25, 0.3) is 5.82 Å². The van der Waals surface area contributed by atoms with Crippen LogP contribution in [0.4, 0.5) is 11.6 Å².